The number of amides is 1. The maximum Gasteiger partial charge on any atom is 0.265 e. The fourth-order valence-electron chi connectivity index (χ4n) is 3.46. The minimum absolute atomic E-state index is 0.0689. The van der Waals surface area contributed by atoms with E-state index in [-0.39, 0.29) is 24.4 Å². The summed E-state index contributed by atoms with van der Waals surface area (Å²) in [5.74, 6) is -0.166. The summed E-state index contributed by atoms with van der Waals surface area (Å²) < 4.78 is 2.92. The van der Waals surface area contributed by atoms with E-state index in [0.29, 0.717) is 11.6 Å². The van der Waals surface area contributed by atoms with Crippen molar-refractivity contribution in [1.29, 1.82) is 0 Å². The average molecular weight is 464 g/mol. The minimum atomic E-state index is -0.392. The molecule has 0 saturated heterocycles. The van der Waals surface area contributed by atoms with Crippen LogP contribution in [0.4, 0.5) is 0 Å². The first-order chi connectivity index (χ1) is 15.9. The molecule has 0 saturated carbocycles. The number of aromatic amines is 1. The molecule has 4 rings (SSSR count). The lowest BCUT2D eigenvalue weighted by molar-refractivity contribution is -0.130. The normalized spacial score (nSPS) is 10.8. The highest BCUT2D eigenvalue weighted by Gasteiger charge is 2.17. The molecule has 2 aromatic heterocycles. The number of carbonyl (C=O) groups excluding carboxylic acids is 1. The van der Waals surface area contributed by atoms with Gasteiger partial charge in [0.15, 0.2) is 0 Å². The Morgan fingerprint density at radius 3 is 2.48 bits per heavy atom. The van der Waals surface area contributed by atoms with Gasteiger partial charge >= 0.3 is 0 Å². The van der Waals surface area contributed by atoms with Crippen molar-refractivity contribution in [1.82, 2.24) is 24.5 Å². The zero-order valence-electron chi connectivity index (χ0n) is 17.9. The van der Waals surface area contributed by atoms with Crippen LogP contribution in [0.5, 0.6) is 0 Å². The highest BCUT2D eigenvalue weighted by Crippen LogP contribution is 2.26. The summed E-state index contributed by atoms with van der Waals surface area (Å²) in [5.41, 5.74) is 2.65. The summed E-state index contributed by atoms with van der Waals surface area (Å²) in [4.78, 5) is 37.6. The van der Waals surface area contributed by atoms with Crippen LogP contribution in [0.1, 0.15) is 12.0 Å². The van der Waals surface area contributed by atoms with Crippen LogP contribution in [-0.4, -0.2) is 37.4 Å². The maximum atomic E-state index is 12.8. The van der Waals surface area contributed by atoms with Gasteiger partial charge in [0.1, 0.15) is 0 Å². The molecule has 2 aromatic carbocycles. The van der Waals surface area contributed by atoms with Gasteiger partial charge in [-0.05, 0) is 24.3 Å². The summed E-state index contributed by atoms with van der Waals surface area (Å²) >= 11 is 6.05. The lowest BCUT2D eigenvalue weighted by atomic mass is 10.1. The third kappa shape index (κ3) is 5.30. The first-order valence-electron chi connectivity index (χ1n) is 10.3. The van der Waals surface area contributed by atoms with E-state index in [1.54, 1.807) is 28.8 Å². The molecule has 0 atom stereocenters. The van der Waals surface area contributed by atoms with Gasteiger partial charge in [-0.25, -0.2) is 9.36 Å². The zero-order chi connectivity index (χ0) is 23.4. The number of rotatable bonds is 7. The topological polar surface area (TPSA) is 93.0 Å². The lowest BCUT2D eigenvalue weighted by Crippen LogP contribution is -2.32. The summed E-state index contributed by atoms with van der Waals surface area (Å²) in [5, 5.41) is 7.82. The third-order valence-corrected chi connectivity index (χ3v) is 5.45. The van der Waals surface area contributed by atoms with Crippen molar-refractivity contribution in [2.75, 3.05) is 7.05 Å². The number of halogens is 1. The first-order valence-corrected chi connectivity index (χ1v) is 10.7. The molecule has 0 fully saturated rings. The number of hydrogen-bond acceptors (Lipinski definition) is 4. The van der Waals surface area contributed by atoms with E-state index in [9.17, 15) is 14.4 Å². The number of benzene rings is 2. The lowest BCUT2D eigenvalue weighted by Gasteiger charge is -2.17. The van der Waals surface area contributed by atoms with Crippen molar-refractivity contribution in [3.63, 3.8) is 0 Å². The molecule has 1 amide bonds. The van der Waals surface area contributed by atoms with Gasteiger partial charge in [-0.2, -0.15) is 5.10 Å². The van der Waals surface area contributed by atoms with Gasteiger partial charge in [-0.3, -0.25) is 19.5 Å². The number of nitrogens with zero attached hydrogens (tertiary/aromatic N) is 4. The summed E-state index contributed by atoms with van der Waals surface area (Å²) in [7, 11) is 1.70. The number of H-pyrrole nitrogens is 1. The standard InChI is InChI=1S/C24H22ClN5O3/c1-28(22(32)13-14-29-23(33)12-11-21(31)26-29)15-18-16-30(20-5-3-2-4-6-20)27-24(18)17-7-9-19(25)10-8-17/h2-12,16H,13-15H2,1H3,(H,26,31). The van der Waals surface area contributed by atoms with Gasteiger partial charge in [0.2, 0.25) is 5.91 Å². The molecule has 0 aliphatic heterocycles. The Bertz CT molecular complexity index is 1370. The predicted molar refractivity (Wildman–Crippen MR) is 126 cm³/mol. The van der Waals surface area contributed by atoms with Crippen molar-refractivity contribution < 1.29 is 4.79 Å². The van der Waals surface area contributed by atoms with Gasteiger partial charge in [0.05, 0.1) is 17.9 Å². The van der Waals surface area contributed by atoms with E-state index in [1.165, 1.54) is 6.07 Å². The van der Waals surface area contributed by atoms with Crippen LogP contribution in [-0.2, 0) is 17.9 Å². The van der Waals surface area contributed by atoms with Crippen LogP contribution in [0.2, 0.25) is 5.02 Å². The Hall–Kier alpha value is -3.91. The van der Waals surface area contributed by atoms with E-state index in [0.717, 1.165) is 33.3 Å². The second kappa shape index (κ2) is 9.70. The Balaban J connectivity index is 1.56. The largest absolute Gasteiger partial charge is 0.341 e. The van der Waals surface area contributed by atoms with Gasteiger partial charge in [-0.15, -0.1) is 0 Å². The second-order valence-corrected chi connectivity index (χ2v) is 8.03. The number of hydrogen-bond donors (Lipinski definition) is 1. The molecule has 2 heterocycles. The van der Waals surface area contributed by atoms with Crippen LogP contribution >= 0.6 is 11.6 Å². The van der Waals surface area contributed by atoms with Crippen molar-refractivity contribution in [2.45, 2.75) is 19.5 Å². The van der Waals surface area contributed by atoms with Gasteiger partial charge in [0.25, 0.3) is 11.1 Å². The van der Waals surface area contributed by atoms with E-state index < -0.39 is 5.56 Å². The van der Waals surface area contributed by atoms with E-state index in [1.807, 2.05) is 48.7 Å². The Morgan fingerprint density at radius 1 is 1.03 bits per heavy atom. The van der Waals surface area contributed by atoms with Gasteiger partial charge in [0, 0.05) is 54.5 Å². The number of aryl methyl sites for hydroxylation is 1. The molecule has 0 unspecified atom stereocenters. The first kappa shape index (κ1) is 22.3. The molecule has 0 bridgehead atoms. The van der Waals surface area contributed by atoms with E-state index >= 15 is 0 Å². The second-order valence-electron chi connectivity index (χ2n) is 7.59. The predicted octanol–water partition coefficient (Wildman–Crippen LogP) is 3.09. The van der Waals surface area contributed by atoms with Crippen LogP contribution in [0, 0.1) is 0 Å². The zero-order valence-corrected chi connectivity index (χ0v) is 18.7. The van der Waals surface area contributed by atoms with E-state index in [2.05, 4.69) is 5.10 Å². The van der Waals surface area contributed by atoms with Crippen molar-refractivity contribution >= 4 is 17.5 Å². The Labute approximate surface area is 194 Å². The summed E-state index contributed by atoms with van der Waals surface area (Å²) in [6, 6.07) is 19.4. The number of para-hydroxylation sites is 1. The molecule has 33 heavy (non-hydrogen) atoms. The third-order valence-electron chi connectivity index (χ3n) is 5.20. The summed E-state index contributed by atoms with van der Waals surface area (Å²) in [6.45, 7) is 0.412. The molecule has 0 spiro atoms. The number of carbonyl (C=O) groups is 1. The Kier molecular flexibility index (Phi) is 6.55. The van der Waals surface area contributed by atoms with Crippen LogP contribution in [0.25, 0.3) is 16.9 Å². The molecular formula is C24H22ClN5O3. The van der Waals surface area contributed by atoms with Crippen LogP contribution in [0.15, 0.2) is 82.5 Å². The maximum absolute atomic E-state index is 12.8. The van der Waals surface area contributed by atoms with Gasteiger partial charge < -0.3 is 4.90 Å². The fraction of sp³-hybridized carbons (Fsp3) is 0.167. The highest BCUT2D eigenvalue weighted by atomic mass is 35.5. The molecule has 0 radical (unpaired) electrons. The fourth-order valence-corrected chi connectivity index (χ4v) is 3.59. The van der Waals surface area contributed by atoms with Crippen molar-refractivity contribution in [3.05, 3.63) is 104 Å². The molecule has 0 aliphatic rings. The van der Waals surface area contributed by atoms with Crippen molar-refractivity contribution in [3.8, 4) is 16.9 Å². The van der Waals surface area contributed by atoms with E-state index in [4.69, 9.17) is 16.7 Å². The van der Waals surface area contributed by atoms with Crippen LogP contribution < -0.4 is 11.1 Å². The molecule has 9 heteroatoms. The molecule has 4 aromatic rings. The average Bonchev–Trinajstić information content (AvgIpc) is 3.24. The molecule has 0 aliphatic carbocycles. The van der Waals surface area contributed by atoms with Crippen molar-refractivity contribution in [2.24, 2.45) is 0 Å². The monoisotopic (exact) mass is 463 g/mol. The number of aromatic nitrogens is 4. The van der Waals surface area contributed by atoms with Gasteiger partial charge in [-0.1, -0.05) is 41.9 Å². The smallest absolute Gasteiger partial charge is 0.265 e. The number of nitrogens with one attached hydrogen (secondary N) is 1. The van der Waals surface area contributed by atoms with Crippen LogP contribution in [0.3, 0.4) is 0 Å². The summed E-state index contributed by atoms with van der Waals surface area (Å²) in [6.07, 6.45) is 1.97. The highest BCUT2D eigenvalue weighted by molar-refractivity contribution is 6.30. The quantitative estimate of drug-likeness (QED) is 0.455. The Morgan fingerprint density at radius 2 is 1.76 bits per heavy atom. The SMILES string of the molecule is CN(Cc1cn(-c2ccccc2)nc1-c1ccc(Cl)cc1)C(=O)CCn1[nH]c(=O)ccc1=O. The molecule has 1 N–H and O–H groups in total. The molecule has 8 nitrogen and oxygen atoms in total. The molecule has 168 valence electrons. The molecular weight excluding hydrogens is 442 g/mol. The minimum Gasteiger partial charge on any atom is -0.341 e.